The smallest absolute Gasteiger partial charge is 0.274 e. The van der Waals surface area contributed by atoms with Crippen LogP contribution in [-0.2, 0) is 0 Å². The second kappa shape index (κ2) is 8.36. The Balaban J connectivity index is 1.64. The summed E-state index contributed by atoms with van der Waals surface area (Å²) in [6.45, 7) is 6.66. The number of nitrogens with one attached hydrogen (secondary N) is 2. The highest BCUT2D eigenvalue weighted by Crippen LogP contribution is 2.21. The first-order valence-corrected chi connectivity index (χ1v) is 8.89. The second-order valence-corrected chi connectivity index (χ2v) is 6.29. The summed E-state index contributed by atoms with van der Waals surface area (Å²) >= 11 is 0. The molecule has 27 heavy (non-hydrogen) atoms. The molecule has 1 amide bonds. The fourth-order valence-electron chi connectivity index (χ4n) is 2.71. The van der Waals surface area contributed by atoms with E-state index in [0.29, 0.717) is 18.0 Å². The molecule has 0 spiro atoms. The van der Waals surface area contributed by atoms with Gasteiger partial charge in [0.2, 0.25) is 0 Å². The second-order valence-electron chi connectivity index (χ2n) is 6.29. The van der Waals surface area contributed by atoms with Crippen LogP contribution in [0.1, 0.15) is 28.5 Å². The van der Waals surface area contributed by atoms with E-state index >= 15 is 0 Å². The van der Waals surface area contributed by atoms with Crippen molar-refractivity contribution in [2.75, 3.05) is 17.2 Å². The number of ether oxygens (including phenoxy) is 1. The Hall–Kier alpha value is -3.34. The van der Waals surface area contributed by atoms with E-state index in [1.807, 2.05) is 31.2 Å². The first-order valence-electron chi connectivity index (χ1n) is 8.89. The summed E-state index contributed by atoms with van der Waals surface area (Å²) in [5.41, 5.74) is 5.29. The van der Waals surface area contributed by atoms with Gasteiger partial charge < -0.3 is 15.4 Å². The van der Waals surface area contributed by atoms with E-state index in [4.69, 9.17) is 4.74 Å². The molecule has 1 heterocycles. The van der Waals surface area contributed by atoms with Crippen molar-refractivity contribution in [1.82, 2.24) is 4.98 Å². The molecule has 1 aromatic heterocycles. The molecule has 5 nitrogen and oxygen atoms in total. The van der Waals surface area contributed by atoms with E-state index in [-0.39, 0.29) is 5.91 Å². The predicted molar refractivity (Wildman–Crippen MR) is 109 cm³/mol. The fourth-order valence-corrected chi connectivity index (χ4v) is 2.71. The van der Waals surface area contributed by atoms with E-state index in [2.05, 4.69) is 41.6 Å². The lowest BCUT2D eigenvalue weighted by Gasteiger charge is -2.11. The molecule has 3 aromatic rings. The monoisotopic (exact) mass is 361 g/mol. The van der Waals surface area contributed by atoms with Crippen LogP contribution in [0.5, 0.6) is 5.75 Å². The third-order valence-corrected chi connectivity index (χ3v) is 4.08. The van der Waals surface area contributed by atoms with Gasteiger partial charge in [-0.2, -0.15) is 0 Å². The number of carbonyl (C=O) groups excluding carboxylic acids is 1. The molecule has 0 aliphatic carbocycles. The van der Waals surface area contributed by atoms with Crippen molar-refractivity contribution >= 4 is 23.0 Å². The van der Waals surface area contributed by atoms with E-state index in [1.54, 1.807) is 24.4 Å². The molecule has 0 radical (unpaired) electrons. The highest BCUT2D eigenvalue weighted by atomic mass is 16.5. The summed E-state index contributed by atoms with van der Waals surface area (Å²) in [4.78, 5) is 16.6. The van der Waals surface area contributed by atoms with Crippen LogP contribution in [0.3, 0.4) is 0 Å². The lowest BCUT2D eigenvalue weighted by atomic mass is 10.1. The zero-order valence-corrected chi connectivity index (χ0v) is 15.7. The van der Waals surface area contributed by atoms with Gasteiger partial charge in [0.15, 0.2) is 0 Å². The van der Waals surface area contributed by atoms with Gasteiger partial charge in [0.1, 0.15) is 11.4 Å². The molecule has 0 atom stereocenters. The van der Waals surface area contributed by atoms with E-state index < -0.39 is 0 Å². The molecule has 138 valence electrons. The maximum Gasteiger partial charge on any atom is 0.274 e. The van der Waals surface area contributed by atoms with Crippen LogP contribution in [-0.4, -0.2) is 17.5 Å². The molecule has 0 saturated carbocycles. The normalized spacial score (nSPS) is 10.3. The van der Waals surface area contributed by atoms with E-state index in [0.717, 1.165) is 22.7 Å². The summed E-state index contributed by atoms with van der Waals surface area (Å²) in [5, 5.41) is 6.16. The van der Waals surface area contributed by atoms with Gasteiger partial charge in [-0.25, -0.2) is 4.98 Å². The van der Waals surface area contributed by atoms with E-state index in [1.165, 1.54) is 5.56 Å². The number of amides is 1. The first kappa shape index (κ1) is 18.5. The molecule has 2 N–H and O–H groups in total. The van der Waals surface area contributed by atoms with Crippen LogP contribution in [0.25, 0.3) is 0 Å². The summed E-state index contributed by atoms with van der Waals surface area (Å²) in [6.07, 6.45) is 1.66. The molecule has 3 rings (SSSR count). The minimum absolute atomic E-state index is 0.253. The third kappa shape index (κ3) is 4.85. The summed E-state index contributed by atoms with van der Waals surface area (Å²) in [7, 11) is 0. The van der Waals surface area contributed by atoms with Gasteiger partial charge in [-0.3, -0.25) is 4.79 Å². The molecule has 0 bridgehead atoms. The lowest BCUT2D eigenvalue weighted by Crippen LogP contribution is -2.13. The molecular weight excluding hydrogens is 338 g/mol. The Morgan fingerprint density at radius 1 is 1.00 bits per heavy atom. The highest BCUT2D eigenvalue weighted by molar-refractivity contribution is 6.03. The van der Waals surface area contributed by atoms with Crippen molar-refractivity contribution in [3.05, 3.63) is 77.6 Å². The van der Waals surface area contributed by atoms with Crippen molar-refractivity contribution in [3.8, 4) is 5.75 Å². The number of hydrogen-bond acceptors (Lipinski definition) is 4. The number of anilines is 3. The topological polar surface area (TPSA) is 63.2 Å². The Kier molecular flexibility index (Phi) is 5.71. The van der Waals surface area contributed by atoms with Gasteiger partial charge in [-0.15, -0.1) is 0 Å². The SMILES string of the molecule is CCOc1ccc(NC(=O)c2ccc(Nc3ccc(C)cc3C)cn2)cc1. The van der Waals surface area contributed by atoms with Crippen molar-refractivity contribution < 1.29 is 9.53 Å². The number of carbonyl (C=O) groups is 1. The number of nitrogens with zero attached hydrogens (tertiary/aromatic N) is 1. The molecule has 0 saturated heterocycles. The van der Waals surface area contributed by atoms with Gasteiger partial charge in [-0.1, -0.05) is 17.7 Å². The minimum atomic E-state index is -0.253. The molecule has 5 heteroatoms. The lowest BCUT2D eigenvalue weighted by molar-refractivity contribution is 0.102. The molecule has 2 aromatic carbocycles. The third-order valence-electron chi connectivity index (χ3n) is 4.08. The van der Waals surface area contributed by atoms with Crippen LogP contribution in [0.15, 0.2) is 60.8 Å². The zero-order valence-electron chi connectivity index (χ0n) is 15.7. The van der Waals surface area contributed by atoms with Crippen molar-refractivity contribution in [2.24, 2.45) is 0 Å². The zero-order chi connectivity index (χ0) is 19.2. The Morgan fingerprint density at radius 3 is 2.37 bits per heavy atom. The summed E-state index contributed by atoms with van der Waals surface area (Å²) in [5.74, 6) is 0.521. The molecule has 0 fully saturated rings. The van der Waals surface area contributed by atoms with Crippen LogP contribution < -0.4 is 15.4 Å². The number of pyridine rings is 1. The van der Waals surface area contributed by atoms with Crippen LogP contribution in [0, 0.1) is 13.8 Å². The fraction of sp³-hybridized carbons (Fsp3) is 0.182. The average Bonchev–Trinajstić information content (AvgIpc) is 2.66. The van der Waals surface area contributed by atoms with Gasteiger partial charge in [-0.05, 0) is 68.8 Å². The Morgan fingerprint density at radius 2 is 1.74 bits per heavy atom. The predicted octanol–water partition coefficient (Wildman–Crippen LogP) is 5.09. The maximum atomic E-state index is 12.4. The Bertz CT molecular complexity index is 919. The largest absolute Gasteiger partial charge is 0.494 e. The number of aromatic nitrogens is 1. The first-order chi connectivity index (χ1) is 13.0. The maximum absolute atomic E-state index is 12.4. The summed E-state index contributed by atoms with van der Waals surface area (Å²) < 4.78 is 5.40. The van der Waals surface area contributed by atoms with E-state index in [9.17, 15) is 4.79 Å². The number of aryl methyl sites for hydroxylation is 2. The van der Waals surface area contributed by atoms with Gasteiger partial charge in [0.25, 0.3) is 5.91 Å². The van der Waals surface area contributed by atoms with Crippen molar-refractivity contribution in [1.29, 1.82) is 0 Å². The van der Waals surface area contributed by atoms with Crippen LogP contribution in [0.4, 0.5) is 17.1 Å². The van der Waals surface area contributed by atoms with Gasteiger partial charge in [0.05, 0.1) is 18.5 Å². The molecule has 0 aliphatic rings. The summed E-state index contributed by atoms with van der Waals surface area (Å²) in [6, 6.07) is 17.0. The van der Waals surface area contributed by atoms with Crippen LogP contribution in [0.2, 0.25) is 0 Å². The van der Waals surface area contributed by atoms with Crippen molar-refractivity contribution in [3.63, 3.8) is 0 Å². The molecule has 0 aliphatic heterocycles. The molecular formula is C22H23N3O2. The Labute approximate surface area is 159 Å². The molecule has 0 unspecified atom stereocenters. The minimum Gasteiger partial charge on any atom is -0.494 e. The highest BCUT2D eigenvalue weighted by Gasteiger charge is 2.08. The number of rotatable bonds is 6. The van der Waals surface area contributed by atoms with Crippen LogP contribution >= 0.6 is 0 Å². The number of hydrogen-bond donors (Lipinski definition) is 2. The van der Waals surface area contributed by atoms with Crippen molar-refractivity contribution in [2.45, 2.75) is 20.8 Å². The quantitative estimate of drug-likeness (QED) is 0.642. The average molecular weight is 361 g/mol. The van der Waals surface area contributed by atoms with Gasteiger partial charge >= 0.3 is 0 Å². The number of benzene rings is 2. The standard InChI is InChI=1S/C22H23N3O2/c1-4-27-19-9-6-17(7-10-19)25-22(26)21-12-8-18(14-23-21)24-20-11-5-15(2)13-16(20)3/h5-14,24H,4H2,1-3H3,(H,25,26). The van der Waals surface area contributed by atoms with Gasteiger partial charge in [0, 0.05) is 11.4 Å².